The first-order valence-electron chi connectivity index (χ1n) is 6.99. The number of carbonyl (C=O) groups is 2. The Balaban J connectivity index is 2.10. The van der Waals surface area contributed by atoms with Gasteiger partial charge in [-0.1, -0.05) is 17.3 Å². The zero-order chi connectivity index (χ0) is 18.4. The molecule has 1 aromatic heterocycles. The molecule has 0 unspecified atom stereocenters. The number of alkyl halides is 3. The Kier molecular flexibility index (Phi) is 5.70. The number of para-hydroxylation sites is 1. The number of carbonyl (C=O) groups excluding carboxylic acids is 2. The van der Waals surface area contributed by atoms with E-state index in [2.05, 4.69) is 20.0 Å². The molecule has 2 aromatic rings. The van der Waals surface area contributed by atoms with Crippen molar-refractivity contribution in [3.63, 3.8) is 0 Å². The van der Waals surface area contributed by atoms with E-state index in [1.54, 1.807) is 0 Å². The lowest BCUT2D eigenvalue weighted by molar-refractivity contribution is -0.134. The van der Waals surface area contributed by atoms with Gasteiger partial charge < -0.3 is 15.0 Å². The number of rotatable bonds is 6. The van der Waals surface area contributed by atoms with Crippen LogP contribution in [0.15, 0.2) is 28.8 Å². The van der Waals surface area contributed by atoms with Gasteiger partial charge in [-0.2, -0.15) is 18.2 Å². The molecule has 1 amide bonds. The van der Waals surface area contributed by atoms with Crippen LogP contribution < -0.4 is 15.8 Å². The minimum atomic E-state index is -4.51. The lowest BCUT2D eigenvalue weighted by Gasteiger charge is -2.08. The van der Waals surface area contributed by atoms with Crippen LogP contribution in [0.25, 0.3) is 0 Å². The molecule has 0 aliphatic heterocycles. The first-order chi connectivity index (χ1) is 11.8. The average Bonchev–Trinajstić information content (AvgIpc) is 2.92. The van der Waals surface area contributed by atoms with Crippen LogP contribution in [0.1, 0.15) is 22.6 Å². The third-order valence-electron chi connectivity index (χ3n) is 2.75. The number of benzene rings is 1. The molecular formula is C14H13F3N4O4. The number of esters is 1. The summed E-state index contributed by atoms with van der Waals surface area (Å²) < 4.78 is 46.3. The number of hydrogen-bond donors (Lipinski definition) is 2. The number of anilines is 1. The summed E-state index contributed by atoms with van der Waals surface area (Å²) in [5, 5.41) is 5.27. The zero-order valence-electron chi connectivity index (χ0n) is 12.7. The summed E-state index contributed by atoms with van der Waals surface area (Å²) in [4.78, 5) is 27.1. The van der Waals surface area contributed by atoms with Crippen LogP contribution in [0, 0.1) is 0 Å². The molecule has 2 rings (SSSR count). The summed E-state index contributed by atoms with van der Waals surface area (Å²) in [5.41, 5.74) is 5.20. The molecule has 8 nitrogen and oxygen atoms in total. The highest BCUT2D eigenvalue weighted by Crippen LogP contribution is 2.22. The van der Waals surface area contributed by atoms with Gasteiger partial charge >= 0.3 is 18.2 Å². The summed E-state index contributed by atoms with van der Waals surface area (Å²) in [7, 11) is 0. The standard InChI is InChI=1S/C14H13F3N4O4/c15-14(16,17)7-10-19-13(25-21-10)20-12(23)8-3-1-2-4-9(8)24-11(22)5-6-18/h1-4H,5-7,18H2,(H,19,20,21,23). The van der Waals surface area contributed by atoms with E-state index >= 15 is 0 Å². The van der Waals surface area contributed by atoms with Gasteiger partial charge in [-0.15, -0.1) is 0 Å². The minimum absolute atomic E-state index is 0.0338. The van der Waals surface area contributed by atoms with E-state index in [4.69, 9.17) is 10.5 Å². The highest BCUT2D eigenvalue weighted by molar-refractivity contribution is 6.05. The molecular weight excluding hydrogens is 345 g/mol. The Morgan fingerprint density at radius 3 is 2.68 bits per heavy atom. The van der Waals surface area contributed by atoms with E-state index in [1.807, 2.05) is 0 Å². The second kappa shape index (κ2) is 7.75. The quantitative estimate of drug-likeness (QED) is 0.595. The lowest BCUT2D eigenvalue weighted by atomic mass is 10.2. The molecule has 0 aliphatic carbocycles. The number of nitrogens with one attached hydrogen (secondary N) is 1. The van der Waals surface area contributed by atoms with Crippen LogP contribution in [0.4, 0.5) is 19.2 Å². The predicted octanol–water partition coefficient (Wildman–Crippen LogP) is 1.68. The van der Waals surface area contributed by atoms with Gasteiger partial charge in [0.15, 0.2) is 5.82 Å². The Morgan fingerprint density at radius 2 is 2.00 bits per heavy atom. The Hall–Kier alpha value is -2.95. The number of amides is 1. The molecule has 0 bridgehead atoms. The SMILES string of the molecule is NCCC(=O)Oc1ccccc1C(=O)Nc1nc(CC(F)(F)F)no1. The van der Waals surface area contributed by atoms with Gasteiger partial charge in [0, 0.05) is 6.54 Å². The first-order valence-corrected chi connectivity index (χ1v) is 6.99. The Bertz CT molecular complexity index is 761. The number of aromatic nitrogens is 2. The highest BCUT2D eigenvalue weighted by Gasteiger charge is 2.31. The van der Waals surface area contributed by atoms with Crippen molar-refractivity contribution in [3.05, 3.63) is 35.7 Å². The molecule has 0 saturated heterocycles. The highest BCUT2D eigenvalue weighted by atomic mass is 19.4. The molecule has 0 fully saturated rings. The van der Waals surface area contributed by atoms with Gasteiger partial charge in [0.2, 0.25) is 0 Å². The van der Waals surface area contributed by atoms with Crippen molar-refractivity contribution >= 4 is 17.9 Å². The van der Waals surface area contributed by atoms with Gasteiger partial charge in [-0.25, -0.2) is 0 Å². The fourth-order valence-corrected chi connectivity index (χ4v) is 1.76. The number of hydrogen-bond acceptors (Lipinski definition) is 7. The van der Waals surface area contributed by atoms with Crippen molar-refractivity contribution in [2.45, 2.75) is 19.0 Å². The van der Waals surface area contributed by atoms with Crippen molar-refractivity contribution in [3.8, 4) is 5.75 Å². The van der Waals surface area contributed by atoms with Crippen molar-refractivity contribution in [1.82, 2.24) is 10.1 Å². The summed E-state index contributed by atoms with van der Waals surface area (Å²) in [6.45, 7) is 0.0805. The largest absolute Gasteiger partial charge is 0.426 e. The fraction of sp³-hybridized carbons (Fsp3) is 0.286. The van der Waals surface area contributed by atoms with Gasteiger partial charge in [0.1, 0.15) is 12.2 Å². The predicted molar refractivity (Wildman–Crippen MR) is 77.8 cm³/mol. The summed E-state index contributed by atoms with van der Waals surface area (Å²) in [5.74, 6) is -2.08. The van der Waals surface area contributed by atoms with Gasteiger partial charge in [-0.05, 0) is 12.1 Å². The average molecular weight is 358 g/mol. The summed E-state index contributed by atoms with van der Waals surface area (Å²) in [6, 6.07) is 5.28. The normalized spacial score (nSPS) is 11.2. The second-order valence-corrected chi connectivity index (χ2v) is 4.77. The van der Waals surface area contributed by atoms with Crippen LogP contribution in [-0.4, -0.2) is 34.7 Å². The second-order valence-electron chi connectivity index (χ2n) is 4.77. The number of halogens is 3. The van der Waals surface area contributed by atoms with Crippen LogP contribution in [0.5, 0.6) is 5.75 Å². The third kappa shape index (κ3) is 5.57. The third-order valence-corrected chi connectivity index (χ3v) is 2.75. The molecule has 11 heteroatoms. The molecule has 0 radical (unpaired) electrons. The Morgan fingerprint density at radius 1 is 1.28 bits per heavy atom. The summed E-state index contributed by atoms with van der Waals surface area (Å²) >= 11 is 0. The molecule has 0 atom stereocenters. The van der Waals surface area contributed by atoms with Crippen molar-refractivity contribution in [2.24, 2.45) is 5.73 Å². The van der Waals surface area contributed by atoms with E-state index in [1.165, 1.54) is 24.3 Å². The molecule has 3 N–H and O–H groups in total. The van der Waals surface area contributed by atoms with Crippen molar-refractivity contribution < 1.29 is 32.0 Å². The lowest BCUT2D eigenvalue weighted by Crippen LogP contribution is -2.18. The van der Waals surface area contributed by atoms with E-state index in [9.17, 15) is 22.8 Å². The summed E-state index contributed by atoms with van der Waals surface area (Å²) in [6.07, 6.45) is -5.94. The molecule has 0 spiro atoms. The van der Waals surface area contributed by atoms with Crippen LogP contribution in [0.3, 0.4) is 0 Å². The van der Waals surface area contributed by atoms with E-state index in [0.717, 1.165) is 0 Å². The maximum absolute atomic E-state index is 12.2. The van der Waals surface area contributed by atoms with Crippen LogP contribution in [0.2, 0.25) is 0 Å². The molecule has 0 aliphatic rings. The van der Waals surface area contributed by atoms with Gasteiger partial charge in [-0.3, -0.25) is 14.9 Å². The molecule has 25 heavy (non-hydrogen) atoms. The first kappa shape index (κ1) is 18.4. The van der Waals surface area contributed by atoms with Gasteiger partial charge in [0.05, 0.1) is 12.0 Å². The molecule has 1 aromatic carbocycles. The maximum Gasteiger partial charge on any atom is 0.396 e. The van der Waals surface area contributed by atoms with Gasteiger partial charge in [0.25, 0.3) is 5.91 Å². The number of nitrogens with two attached hydrogens (primary N) is 1. The molecule has 0 saturated carbocycles. The van der Waals surface area contributed by atoms with Crippen LogP contribution in [-0.2, 0) is 11.2 Å². The Labute approximate surface area is 139 Å². The van der Waals surface area contributed by atoms with Crippen molar-refractivity contribution in [2.75, 3.05) is 11.9 Å². The van der Waals surface area contributed by atoms with Crippen molar-refractivity contribution in [1.29, 1.82) is 0 Å². The fourth-order valence-electron chi connectivity index (χ4n) is 1.76. The maximum atomic E-state index is 12.2. The zero-order valence-corrected chi connectivity index (χ0v) is 12.7. The van der Waals surface area contributed by atoms with Crippen LogP contribution >= 0.6 is 0 Å². The van der Waals surface area contributed by atoms with E-state index < -0.39 is 36.3 Å². The number of ether oxygens (including phenoxy) is 1. The smallest absolute Gasteiger partial charge is 0.396 e. The molecule has 1 heterocycles. The molecule has 134 valence electrons. The minimum Gasteiger partial charge on any atom is -0.426 e. The monoisotopic (exact) mass is 358 g/mol. The van der Waals surface area contributed by atoms with E-state index in [0.29, 0.717) is 0 Å². The van der Waals surface area contributed by atoms with E-state index in [-0.39, 0.29) is 24.3 Å². The number of nitrogens with zero attached hydrogens (tertiary/aromatic N) is 2. The topological polar surface area (TPSA) is 120 Å².